The molecule has 0 aliphatic carbocycles. The van der Waals surface area contributed by atoms with Crippen molar-refractivity contribution in [1.29, 1.82) is 0 Å². The van der Waals surface area contributed by atoms with Crippen LogP contribution in [0.2, 0.25) is 0 Å². The zero-order valence-corrected chi connectivity index (χ0v) is 16.2. The molecule has 28 heavy (non-hydrogen) atoms. The van der Waals surface area contributed by atoms with E-state index >= 15 is 0 Å². The maximum Gasteiger partial charge on any atom is 0.154 e. The van der Waals surface area contributed by atoms with Gasteiger partial charge in [-0.25, -0.2) is 9.07 Å². The molecule has 4 aromatic rings. The maximum absolute atomic E-state index is 13.0. The SMILES string of the molecule is Cc1ccc(-c2nn(-c3ccccc3)cc2CNCc2ccc(F)cc2)o1.Cl. The van der Waals surface area contributed by atoms with E-state index in [1.165, 1.54) is 12.1 Å². The molecule has 2 aromatic heterocycles. The number of hydrogen-bond acceptors (Lipinski definition) is 3. The first-order valence-corrected chi connectivity index (χ1v) is 8.85. The minimum Gasteiger partial charge on any atom is -0.460 e. The standard InChI is InChI=1S/C22H20FN3O.ClH/c1-16-7-12-21(27-16)22-18(14-24-13-17-8-10-19(23)11-9-17)15-26(25-22)20-5-3-2-4-6-20;/h2-12,15,24H,13-14H2,1H3;1H. The largest absolute Gasteiger partial charge is 0.460 e. The average molecular weight is 398 g/mol. The third-order valence-electron chi connectivity index (χ3n) is 4.34. The van der Waals surface area contributed by atoms with E-state index in [4.69, 9.17) is 9.52 Å². The highest BCUT2D eigenvalue weighted by Gasteiger charge is 2.15. The van der Waals surface area contributed by atoms with E-state index in [-0.39, 0.29) is 18.2 Å². The van der Waals surface area contributed by atoms with Crippen LogP contribution in [0.4, 0.5) is 4.39 Å². The van der Waals surface area contributed by atoms with Gasteiger partial charge < -0.3 is 9.73 Å². The highest BCUT2D eigenvalue weighted by Crippen LogP contribution is 2.25. The quantitative estimate of drug-likeness (QED) is 0.480. The van der Waals surface area contributed by atoms with Crippen molar-refractivity contribution in [3.05, 3.63) is 95.6 Å². The van der Waals surface area contributed by atoms with Crippen LogP contribution in [-0.2, 0) is 13.1 Å². The van der Waals surface area contributed by atoms with Gasteiger partial charge in [0.15, 0.2) is 5.76 Å². The van der Waals surface area contributed by atoms with Crippen LogP contribution < -0.4 is 5.32 Å². The monoisotopic (exact) mass is 397 g/mol. The first-order valence-electron chi connectivity index (χ1n) is 8.85. The molecule has 0 atom stereocenters. The Morgan fingerprint density at radius 1 is 0.964 bits per heavy atom. The van der Waals surface area contributed by atoms with Gasteiger partial charge in [0, 0.05) is 24.8 Å². The molecule has 4 nitrogen and oxygen atoms in total. The Labute approximate surface area is 169 Å². The van der Waals surface area contributed by atoms with Crippen LogP contribution in [0.3, 0.4) is 0 Å². The van der Waals surface area contributed by atoms with Crippen LogP contribution in [0.15, 0.2) is 77.3 Å². The molecule has 2 aromatic carbocycles. The smallest absolute Gasteiger partial charge is 0.154 e. The van der Waals surface area contributed by atoms with Gasteiger partial charge >= 0.3 is 0 Å². The van der Waals surface area contributed by atoms with Gasteiger partial charge in [-0.05, 0) is 48.9 Å². The van der Waals surface area contributed by atoms with Gasteiger partial charge in [0.2, 0.25) is 0 Å². The molecule has 1 N–H and O–H groups in total. The molecule has 0 spiro atoms. The predicted molar refractivity (Wildman–Crippen MR) is 110 cm³/mol. The highest BCUT2D eigenvalue weighted by atomic mass is 35.5. The van der Waals surface area contributed by atoms with Crippen molar-refractivity contribution in [1.82, 2.24) is 15.1 Å². The molecule has 144 valence electrons. The zero-order chi connectivity index (χ0) is 18.6. The Morgan fingerprint density at radius 3 is 2.39 bits per heavy atom. The number of furan rings is 1. The number of hydrogen-bond donors (Lipinski definition) is 1. The molecule has 0 bridgehead atoms. The van der Waals surface area contributed by atoms with Crippen LogP contribution in [0.5, 0.6) is 0 Å². The topological polar surface area (TPSA) is 43.0 Å². The molecule has 0 fully saturated rings. The molecule has 6 heteroatoms. The summed E-state index contributed by atoms with van der Waals surface area (Å²) in [7, 11) is 0. The van der Waals surface area contributed by atoms with E-state index in [0.29, 0.717) is 13.1 Å². The lowest BCUT2D eigenvalue weighted by Gasteiger charge is -2.04. The molecule has 0 aliphatic heterocycles. The predicted octanol–water partition coefficient (Wildman–Crippen LogP) is 5.29. The Kier molecular flexibility index (Phi) is 6.29. The number of nitrogens with zero attached hydrogens (tertiary/aromatic N) is 2. The van der Waals surface area contributed by atoms with Gasteiger partial charge in [-0.15, -0.1) is 12.4 Å². The molecule has 0 aliphatic rings. The van der Waals surface area contributed by atoms with Crippen LogP contribution in [0, 0.1) is 12.7 Å². The second kappa shape index (κ2) is 8.87. The summed E-state index contributed by atoms with van der Waals surface area (Å²) in [5.74, 6) is 1.38. The lowest BCUT2D eigenvalue weighted by molar-refractivity contribution is 0.544. The van der Waals surface area contributed by atoms with Crippen LogP contribution >= 0.6 is 12.4 Å². The van der Waals surface area contributed by atoms with E-state index in [9.17, 15) is 4.39 Å². The Hall–Kier alpha value is -2.89. The lowest BCUT2D eigenvalue weighted by atomic mass is 10.2. The fraction of sp³-hybridized carbons (Fsp3) is 0.136. The number of benzene rings is 2. The Morgan fingerprint density at radius 2 is 1.71 bits per heavy atom. The van der Waals surface area contributed by atoms with Crippen molar-refractivity contribution < 1.29 is 8.81 Å². The molecule has 0 radical (unpaired) electrons. The van der Waals surface area contributed by atoms with Crippen molar-refractivity contribution in [3.8, 4) is 17.1 Å². The second-order valence-electron chi connectivity index (χ2n) is 6.42. The van der Waals surface area contributed by atoms with Gasteiger partial charge in [0.05, 0.1) is 5.69 Å². The minimum absolute atomic E-state index is 0. The fourth-order valence-electron chi connectivity index (χ4n) is 2.97. The highest BCUT2D eigenvalue weighted by molar-refractivity contribution is 5.85. The summed E-state index contributed by atoms with van der Waals surface area (Å²) in [5, 5.41) is 8.14. The van der Waals surface area contributed by atoms with Crippen molar-refractivity contribution in [2.75, 3.05) is 0 Å². The van der Waals surface area contributed by atoms with E-state index in [2.05, 4.69) is 5.32 Å². The zero-order valence-electron chi connectivity index (χ0n) is 15.4. The maximum atomic E-state index is 13.0. The summed E-state index contributed by atoms with van der Waals surface area (Å²) in [6, 6.07) is 20.4. The van der Waals surface area contributed by atoms with Crippen molar-refractivity contribution in [2.24, 2.45) is 0 Å². The third-order valence-corrected chi connectivity index (χ3v) is 4.34. The van der Waals surface area contributed by atoms with Crippen LogP contribution in [0.25, 0.3) is 17.1 Å². The molecule has 4 rings (SSSR count). The van der Waals surface area contributed by atoms with E-state index in [1.807, 2.05) is 60.3 Å². The Balaban J connectivity index is 0.00000225. The summed E-state index contributed by atoms with van der Waals surface area (Å²) < 4.78 is 20.7. The van der Waals surface area contributed by atoms with Gasteiger partial charge in [0.25, 0.3) is 0 Å². The molecular weight excluding hydrogens is 377 g/mol. The van der Waals surface area contributed by atoms with Gasteiger partial charge in [0.1, 0.15) is 17.3 Å². The summed E-state index contributed by atoms with van der Waals surface area (Å²) in [6.45, 7) is 3.19. The summed E-state index contributed by atoms with van der Waals surface area (Å²) >= 11 is 0. The number of aromatic nitrogens is 2. The molecule has 0 unspecified atom stereocenters. The Bertz CT molecular complexity index is 1030. The second-order valence-corrected chi connectivity index (χ2v) is 6.42. The number of aryl methyl sites for hydroxylation is 1. The van der Waals surface area contributed by atoms with Crippen molar-refractivity contribution in [3.63, 3.8) is 0 Å². The first-order chi connectivity index (χ1) is 13.2. The number of para-hydroxylation sites is 1. The van der Waals surface area contributed by atoms with E-state index in [0.717, 1.165) is 34.0 Å². The molecule has 2 heterocycles. The summed E-state index contributed by atoms with van der Waals surface area (Å²) in [5.41, 5.74) is 3.88. The van der Waals surface area contributed by atoms with Crippen LogP contribution in [-0.4, -0.2) is 9.78 Å². The fourth-order valence-corrected chi connectivity index (χ4v) is 2.97. The summed E-state index contributed by atoms with van der Waals surface area (Å²) in [6.07, 6.45) is 2.01. The van der Waals surface area contributed by atoms with E-state index < -0.39 is 0 Å². The van der Waals surface area contributed by atoms with Gasteiger partial charge in [-0.2, -0.15) is 5.10 Å². The molecular formula is C22H21ClFN3O. The van der Waals surface area contributed by atoms with Crippen LogP contribution in [0.1, 0.15) is 16.9 Å². The number of rotatable bonds is 6. The van der Waals surface area contributed by atoms with Crippen molar-refractivity contribution in [2.45, 2.75) is 20.0 Å². The van der Waals surface area contributed by atoms with Gasteiger partial charge in [-0.3, -0.25) is 0 Å². The molecule has 0 saturated carbocycles. The van der Waals surface area contributed by atoms with E-state index in [1.54, 1.807) is 12.1 Å². The van der Waals surface area contributed by atoms with Crippen molar-refractivity contribution >= 4 is 12.4 Å². The summed E-state index contributed by atoms with van der Waals surface area (Å²) in [4.78, 5) is 0. The lowest BCUT2D eigenvalue weighted by Crippen LogP contribution is -2.12. The normalized spacial score (nSPS) is 10.6. The third kappa shape index (κ3) is 4.50. The molecule has 0 amide bonds. The molecule has 0 saturated heterocycles. The first kappa shape index (κ1) is 19.9. The number of nitrogens with one attached hydrogen (secondary N) is 1. The average Bonchev–Trinajstić information content (AvgIpc) is 3.30. The van der Waals surface area contributed by atoms with Gasteiger partial charge in [-0.1, -0.05) is 30.3 Å². The number of halogens is 2. The minimum atomic E-state index is -0.224.